The number of carbonyl (C=O) groups is 3. The number of cyclic esters (lactones) is 1. The van der Waals surface area contributed by atoms with E-state index in [0.29, 0.717) is 57.9 Å². The second kappa shape index (κ2) is 19.8. The Balaban J connectivity index is 1.71. The minimum absolute atomic E-state index is 0.0511. The molecule has 2 bridgehead atoms. The number of aliphatic hydroxyl groups excluding tert-OH is 2. The van der Waals surface area contributed by atoms with Gasteiger partial charge in [-0.3, -0.25) is 9.59 Å². The number of carbonyl (C=O) groups excluding carboxylic acids is 3. The number of Topliss-reactive ketones (excluding diaryl/α,β-unsaturated/α-hetero) is 1. The number of fused-ring (bicyclic) bond motifs is 3. The molecule has 1 saturated carbocycles. The predicted octanol–water partition coefficient (Wildman–Crippen LogP) is 4.90. The summed E-state index contributed by atoms with van der Waals surface area (Å²) in [7, 11) is 4.80. The monoisotopic (exact) mass is 763 g/mol. The summed E-state index contributed by atoms with van der Waals surface area (Å²) in [6.45, 7) is 11.9. The number of amides is 1. The number of hydrogen-bond acceptors (Lipinski definition) is 11. The lowest BCUT2D eigenvalue weighted by Gasteiger charge is -2.47. The summed E-state index contributed by atoms with van der Waals surface area (Å²) in [4.78, 5) is 43.4. The number of esters is 1. The van der Waals surface area contributed by atoms with Crippen LogP contribution in [0.5, 0.6) is 0 Å². The van der Waals surface area contributed by atoms with Gasteiger partial charge in [0.25, 0.3) is 0 Å². The average Bonchev–Trinajstić information content (AvgIpc) is 3.63. The van der Waals surface area contributed by atoms with E-state index in [2.05, 4.69) is 6.92 Å². The normalized spacial score (nSPS) is 42.4. The first kappa shape index (κ1) is 44.5. The fourth-order valence-corrected chi connectivity index (χ4v) is 9.31. The summed E-state index contributed by atoms with van der Waals surface area (Å²) < 4.78 is 30.1. The van der Waals surface area contributed by atoms with Gasteiger partial charge in [-0.1, -0.05) is 45.4 Å². The van der Waals surface area contributed by atoms with E-state index in [4.69, 9.17) is 23.7 Å². The maximum absolute atomic E-state index is 14.1. The van der Waals surface area contributed by atoms with Crippen molar-refractivity contribution in [2.45, 2.75) is 167 Å². The quantitative estimate of drug-likeness (QED) is 0.249. The molecule has 3 N–H and O–H groups in total. The molecule has 0 aromatic heterocycles. The standard InChI is InChI=1S/C42H69NO11/c1-10-30-17-24(2)16-25(3)18-36(51-8)40-37(52-9)20-27(5)42(49,54-40)23-38(47)43-15-11-12-31(43)41(48)53-39(28(6)33(45)22-34(30)46)26(4)19-29-13-14-32(44)35(21-29)50-7/h17,19,25,27-33,35-37,39-40,44-45,49H,10-16,18,20-23H2,1-9H3/b24-17+,26-19+/t25-,27+,28+,29-,30+,31-,32+,33-,35+,36-,37-,39+,40+,42-/m0/s1. The second-order valence-corrected chi connectivity index (χ2v) is 16.9. The number of allylic oxidation sites excluding steroid dienone is 3. The molecule has 0 radical (unpaired) electrons. The summed E-state index contributed by atoms with van der Waals surface area (Å²) in [6.07, 6.45) is 4.47. The molecule has 12 nitrogen and oxygen atoms in total. The molecular formula is C42H69NO11. The van der Waals surface area contributed by atoms with Crippen LogP contribution in [0.25, 0.3) is 0 Å². The summed E-state index contributed by atoms with van der Waals surface area (Å²) >= 11 is 0. The first-order valence-electron chi connectivity index (χ1n) is 20.3. The molecule has 0 unspecified atom stereocenters. The molecule has 0 aromatic rings. The van der Waals surface area contributed by atoms with Crippen molar-refractivity contribution in [1.82, 2.24) is 4.90 Å². The van der Waals surface area contributed by atoms with Gasteiger partial charge >= 0.3 is 5.97 Å². The third-order valence-electron chi connectivity index (χ3n) is 12.7. The fourth-order valence-electron chi connectivity index (χ4n) is 9.31. The van der Waals surface area contributed by atoms with Crippen LogP contribution in [0, 0.1) is 29.6 Å². The van der Waals surface area contributed by atoms with Crippen LogP contribution in [0.3, 0.4) is 0 Å². The molecular weight excluding hydrogens is 694 g/mol. The van der Waals surface area contributed by atoms with E-state index in [1.54, 1.807) is 28.3 Å². The molecule has 2 saturated heterocycles. The number of nitrogens with zero attached hydrogens (tertiary/aromatic N) is 1. The smallest absolute Gasteiger partial charge is 0.329 e. The van der Waals surface area contributed by atoms with Crippen molar-refractivity contribution in [3.05, 3.63) is 23.3 Å². The summed E-state index contributed by atoms with van der Waals surface area (Å²) in [6, 6.07) is -0.884. The SMILES string of the molecule is CC[C@@H]1/C=C(\C)C[C@H](C)C[C@H](OC)[C@H]2O[C@@](O)(CC(=O)N3CCC[C@H]3C(=O)O[C@H](/C(C)=C/[C@@H]3CC[C@@H](O)[C@H](OC)C3)[C@H](C)[C@@H](O)CC1=O)[C@H](C)C[C@@H]2OC. The average molecular weight is 764 g/mol. The van der Waals surface area contributed by atoms with Crippen LogP contribution in [-0.4, -0.2) is 120 Å². The van der Waals surface area contributed by atoms with Crippen molar-refractivity contribution in [2.75, 3.05) is 27.9 Å². The number of ketones is 1. The van der Waals surface area contributed by atoms with Crippen LogP contribution in [0.15, 0.2) is 23.3 Å². The Hall–Kier alpha value is -2.19. The van der Waals surface area contributed by atoms with Gasteiger partial charge in [0.15, 0.2) is 5.79 Å². The van der Waals surface area contributed by atoms with Crippen LogP contribution in [0.4, 0.5) is 0 Å². The molecule has 3 aliphatic heterocycles. The highest BCUT2D eigenvalue weighted by atomic mass is 16.7. The molecule has 54 heavy (non-hydrogen) atoms. The maximum Gasteiger partial charge on any atom is 0.329 e. The Labute approximate surface area is 322 Å². The van der Waals surface area contributed by atoms with Crippen molar-refractivity contribution in [3.63, 3.8) is 0 Å². The van der Waals surface area contributed by atoms with E-state index in [9.17, 15) is 29.7 Å². The van der Waals surface area contributed by atoms with E-state index in [1.807, 2.05) is 39.8 Å². The first-order chi connectivity index (χ1) is 25.5. The highest BCUT2D eigenvalue weighted by Gasteiger charge is 2.51. The third kappa shape index (κ3) is 10.8. The molecule has 12 heteroatoms. The number of ether oxygens (including phenoxy) is 5. The van der Waals surface area contributed by atoms with E-state index in [-0.39, 0.29) is 42.7 Å². The lowest BCUT2D eigenvalue weighted by molar-refractivity contribution is -0.321. The summed E-state index contributed by atoms with van der Waals surface area (Å²) in [5.41, 5.74) is 1.78. The van der Waals surface area contributed by atoms with Gasteiger partial charge in [-0.2, -0.15) is 0 Å². The number of rotatable bonds is 6. The van der Waals surface area contributed by atoms with Gasteiger partial charge in [-0.25, -0.2) is 4.79 Å². The van der Waals surface area contributed by atoms with E-state index >= 15 is 0 Å². The molecule has 0 aromatic carbocycles. The van der Waals surface area contributed by atoms with E-state index < -0.39 is 72.0 Å². The van der Waals surface area contributed by atoms with Gasteiger partial charge in [0.2, 0.25) is 5.91 Å². The van der Waals surface area contributed by atoms with Crippen molar-refractivity contribution >= 4 is 17.7 Å². The number of hydrogen-bond donors (Lipinski definition) is 3. The van der Waals surface area contributed by atoms with Crippen LogP contribution in [-0.2, 0) is 38.1 Å². The van der Waals surface area contributed by atoms with Crippen LogP contribution >= 0.6 is 0 Å². The molecule has 14 atom stereocenters. The second-order valence-electron chi connectivity index (χ2n) is 16.9. The summed E-state index contributed by atoms with van der Waals surface area (Å²) in [5, 5.41) is 34.0. The third-order valence-corrected chi connectivity index (χ3v) is 12.7. The van der Waals surface area contributed by atoms with Gasteiger partial charge < -0.3 is 43.9 Å². The lowest BCUT2D eigenvalue weighted by Crippen LogP contribution is -2.59. The number of methoxy groups -OCH3 is 3. The fraction of sp³-hybridized carbons (Fsp3) is 0.833. The minimum Gasteiger partial charge on any atom is -0.456 e. The van der Waals surface area contributed by atoms with Gasteiger partial charge in [0.05, 0.1) is 36.9 Å². The van der Waals surface area contributed by atoms with Crippen molar-refractivity contribution in [2.24, 2.45) is 29.6 Å². The Bertz CT molecular complexity index is 1330. The zero-order chi connectivity index (χ0) is 39.9. The zero-order valence-corrected chi connectivity index (χ0v) is 34.2. The Kier molecular flexibility index (Phi) is 16.3. The van der Waals surface area contributed by atoms with Crippen molar-refractivity contribution in [1.29, 1.82) is 0 Å². The largest absolute Gasteiger partial charge is 0.456 e. The Morgan fingerprint density at radius 3 is 2.26 bits per heavy atom. The van der Waals surface area contributed by atoms with Crippen LogP contribution in [0.2, 0.25) is 0 Å². The Morgan fingerprint density at radius 2 is 1.61 bits per heavy atom. The summed E-state index contributed by atoms with van der Waals surface area (Å²) in [5.74, 6) is -4.20. The van der Waals surface area contributed by atoms with Crippen molar-refractivity contribution in [3.8, 4) is 0 Å². The molecule has 1 aliphatic carbocycles. The van der Waals surface area contributed by atoms with Gasteiger partial charge in [-0.05, 0) is 89.0 Å². The molecule has 3 heterocycles. The Morgan fingerprint density at radius 1 is 0.944 bits per heavy atom. The molecule has 4 rings (SSSR count). The van der Waals surface area contributed by atoms with Crippen molar-refractivity contribution < 1.29 is 53.4 Å². The van der Waals surface area contributed by atoms with Crippen LogP contribution < -0.4 is 0 Å². The molecule has 1 amide bonds. The number of aliphatic hydroxyl groups is 3. The van der Waals surface area contributed by atoms with E-state index in [0.717, 1.165) is 17.6 Å². The van der Waals surface area contributed by atoms with Gasteiger partial charge in [-0.15, -0.1) is 0 Å². The van der Waals surface area contributed by atoms with E-state index in [1.165, 1.54) is 4.90 Å². The molecule has 3 fully saturated rings. The highest BCUT2D eigenvalue weighted by molar-refractivity contribution is 5.86. The molecule has 308 valence electrons. The van der Waals surface area contributed by atoms with Crippen LogP contribution in [0.1, 0.15) is 112 Å². The molecule has 0 spiro atoms. The maximum atomic E-state index is 14.1. The first-order valence-corrected chi connectivity index (χ1v) is 20.3. The topological polar surface area (TPSA) is 161 Å². The minimum atomic E-state index is -1.81. The zero-order valence-electron chi connectivity index (χ0n) is 34.2. The van der Waals surface area contributed by atoms with Gasteiger partial charge in [0, 0.05) is 52.0 Å². The highest BCUT2D eigenvalue weighted by Crippen LogP contribution is 2.40. The van der Waals surface area contributed by atoms with Gasteiger partial charge in [0.1, 0.15) is 24.0 Å². The predicted molar refractivity (Wildman–Crippen MR) is 203 cm³/mol. The lowest BCUT2D eigenvalue weighted by atomic mass is 9.81. The molecule has 4 aliphatic rings.